The minimum atomic E-state index is -0.459. The van der Waals surface area contributed by atoms with Crippen LogP contribution in [-0.4, -0.2) is 65.4 Å². The minimum Gasteiger partial charge on any atom is -0.462 e. The predicted octanol–water partition coefficient (Wildman–Crippen LogP) is 6.47. The molecule has 0 aromatic heterocycles. The van der Waals surface area contributed by atoms with Gasteiger partial charge >= 0.3 is 5.97 Å². The molecule has 0 fully saturated rings. The number of allylic oxidation sites excluding steroid dienone is 3. The lowest BCUT2D eigenvalue weighted by atomic mass is 9.86. The first-order chi connectivity index (χ1) is 17.0. The van der Waals surface area contributed by atoms with Gasteiger partial charge in [0.2, 0.25) is 0 Å². The topological polar surface area (TPSA) is 63.2 Å². The molecule has 0 N–H and O–H groups in total. The highest BCUT2D eigenvalue weighted by Crippen LogP contribution is 2.28. The molecule has 0 aliphatic carbocycles. The lowest BCUT2D eigenvalue weighted by Gasteiger charge is -2.36. The maximum absolute atomic E-state index is 11.8. The fourth-order valence-electron chi connectivity index (χ4n) is 3.13. The van der Waals surface area contributed by atoms with Crippen molar-refractivity contribution in [3.8, 4) is 0 Å². The summed E-state index contributed by atoms with van der Waals surface area (Å²) in [5.41, 5.74) is 2.90. The summed E-state index contributed by atoms with van der Waals surface area (Å²) in [5.74, 6) is -0.444. The van der Waals surface area contributed by atoms with Crippen LogP contribution in [0.25, 0.3) is 0 Å². The summed E-state index contributed by atoms with van der Waals surface area (Å²) in [4.78, 5) is 11.8. The van der Waals surface area contributed by atoms with E-state index in [1.54, 1.807) is 0 Å². The third kappa shape index (κ3) is 16.1. The molecule has 0 heterocycles. The maximum Gasteiger partial charge on any atom is 0.330 e. The van der Waals surface area contributed by atoms with Crippen LogP contribution in [0, 0.1) is 10.8 Å². The smallest absolute Gasteiger partial charge is 0.330 e. The molecular formula is C30H52O6. The van der Waals surface area contributed by atoms with Crippen molar-refractivity contribution in [1.29, 1.82) is 0 Å². The number of ether oxygens (including phenoxy) is 5. The molecule has 0 spiro atoms. The average molecular weight is 509 g/mol. The fraction of sp³-hybridized carbons (Fsp3) is 0.700. The number of carbonyl (C=O) groups is 1. The third-order valence-electron chi connectivity index (χ3n) is 6.06. The van der Waals surface area contributed by atoms with Gasteiger partial charge in [0.25, 0.3) is 0 Å². The van der Waals surface area contributed by atoms with Crippen LogP contribution in [0.2, 0.25) is 0 Å². The van der Waals surface area contributed by atoms with Crippen molar-refractivity contribution in [3.05, 3.63) is 47.6 Å². The first-order valence-electron chi connectivity index (χ1n) is 13.0. The summed E-state index contributed by atoms with van der Waals surface area (Å²) in [6.07, 6.45) is 8.95. The van der Waals surface area contributed by atoms with Crippen LogP contribution in [0.3, 0.4) is 0 Å². The number of hydrogen-bond acceptors (Lipinski definition) is 6. The molecule has 0 aromatic carbocycles. The standard InChI is InChI=1S/C30H52O6/c1-10-28(31)36-24-30(12-3,21-34-18-15-27(8)9)23-35-22-29(11-2,19-32-16-13-25(4)5)20-33-17-14-26(6)7/h10,13-15H,1,11-12,16-24H2,2-9H3. The van der Waals surface area contributed by atoms with Crippen LogP contribution < -0.4 is 0 Å². The summed E-state index contributed by atoms with van der Waals surface area (Å²) in [7, 11) is 0. The first-order valence-corrected chi connectivity index (χ1v) is 13.0. The molecule has 0 saturated carbocycles. The zero-order chi connectivity index (χ0) is 27.5. The van der Waals surface area contributed by atoms with E-state index in [1.165, 1.54) is 22.8 Å². The SMILES string of the molecule is C=CC(=O)OCC(CC)(COCC=C(C)C)COCC(CC)(COCC=C(C)C)COCC=C(C)C. The van der Waals surface area contributed by atoms with Crippen molar-refractivity contribution >= 4 is 5.97 Å². The van der Waals surface area contributed by atoms with Gasteiger partial charge in [-0.25, -0.2) is 4.79 Å². The van der Waals surface area contributed by atoms with E-state index in [9.17, 15) is 4.79 Å². The van der Waals surface area contributed by atoms with Gasteiger partial charge in [0.1, 0.15) is 6.61 Å². The Hall–Kier alpha value is -1.73. The van der Waals surface area contributed by atoms with Crippen LogP contribution in [0.15, 0.2) is 47.6 Å². The van der Waals surface area contributed by atoms with Gasteiger partial charge in [-0.1, -0.05) is 55.4 Å². The van der Waals surface area contributed by atoms with Crippen molar-refractivity contribution in [3.63, 3.8) is 0 Å². The molecule has 0 rings (SSSR count). The normalized spacial score (nSPS) is 12.9. The zero-order valence-electron chi connectivity index (χ0n) is 24.2. The molecule has 0 amide bonds. The Morgan fingerprint density at radius 1 is 0.611 bits per heavy atom. The molecule has 208 valence electrons. The lowest BCUT2D eigenvalue weighted by molar-refractivity contribution is -0.147. The Bertz CT molecular complexity index is 685. The quantitative estimate of drug-likeness (QED) is 0.0766. The fourth-order valence-corrected chi connectivity index (χ4v) is 3.13. The van der Waals surface area contributed by atoms with Gasteiger partial charge in [-0.15, -0.1) is 0 Å². The molecule has 1 atom stereocenters. The van der Waals surface area contributed by atoms with E-state index >= 15 is 0 Å². The van der Waals surface area contributed by atoms with Crippen LogP contribution >= 0.6 is 0 Å². The summed E-state index contributed by atoms with van der Waals surface area (Å²) in [6, 6.07) is 0. The van der Waals surface area contributed by atoms with Crippen molar-refractivity contribution in [2.45, 2.75) is 68.2 Å². The number of rotatable bonds is 21. The molecule has 0 aromatic rings. The second-order valence-electron chi connectivity index (χ2n) is 10.4. The number of carbonyl (C=O) groups excluding carboxylic acids is 1. The largest absolute Gasteiger partial charge is 0.462 e. The Balaban J connectivity index is 5.42. The summed E-state index contributed by atoms with van der Waals surface area (Å²) >= 11 is 0. The van der Waals surface area contributed by atoms with E-state index in [1.807, 2.05) is 19.9 Å². The molecule has 0 aliphatic rings. The molecular weight excluding hydrogens is 456 g/mol. The number of esters is 1. The minimum absolute atomic E-state index is 0.205. The van der Waals surface area contributed by atoms with E-state index in [-0.39, 0.29) is 12.0 Å². The monoisotopic (exact) mass is 508 g/mol. The summed E-state index contributed by atoms with van der Waals surface area (Å²) < 4.78 is 29.8. The van der Waals surface area contributed by atoms with Crippen LogP contribution in [0.4, 0.5) is 0 Å². The van der Waals surface area contributed by atoms with Gasteiger partial charge < -0.3 is 23.7 Å². The van der Waals surface area contributed by atoms with Gasteiger partial charge in [0.05, 0.1) is 58.3 Å². The Labute approximate surface area is 220 Å². The van der Waals surface area contributed by atoms with E-state index in [2.05, 4.69) is 60.3 Å². The molecule has 0 saturated heterocycles. The highest BCUT2D eigenvalue weighted by Gasteiger charge is 2.34. The molecule has 0 radical (unpaired) electrons. The second kappa shape index (κ2) is 19.4. The summed E-state index contributed by atoms with van der Waals surface area (Å²) in [6.45, 7) is 24.2. The Morgan fingerprint density at radius 3 is 1.25 bits per heavy atom. The maximum atomic E-state index is 11.8. The van der Waals surface area contributed by atoms with Crippen LogP contribution in [0.5, 0.6) is 0 Å². The van der Waals surface area contributed by atoms with Crippen molar-refractivity contribution < 1.29 is 28.5 Å². The zero-order valence-corrected chi connectivity index (χ0v) is 24.2. The third-order valence-corrected chi connectivity index (χ3v) is 6.06. The van der Waals surface area contributed by atoms with Crippen LogP contribution in [-0.2, 0) is 28.5 Å². The van der Waals surface area contributed by atoms with Gasteiger partial charge in [0.15, 0.2) is 0 Å². The predicted molar refractivity (Wildman–Crippen MR) is 148 cm³/mol. The number of hydrogen-bond donors (Lipinski definition) is 0. The van der Waals surface area contributed by atoms with Gasteiger partial charge in [-0.3, -0.25) is 0 Å². The average Bonchev–Trinajstić information content (AvgIpc) is 2.84. The van der Waals surface area contributed by atoms with E-state index in [4.69, 9.17) is 23.7 Å². The lowest BCUT2D eigenvalue weighted by Crippen LogP contribution is -2.41. The molecule has 1 unspecified atom stereocenters. The molecule has 36 heavy (non-hydrogen) atoms. The van der Waals surface area contributed by atoms with Crippen molar-refractivity contribution in [2.75, 3.05) is 59.5 Å². The Morgan fingerprint density at radius 2 is 0.944 bits per heavy atom. The van der Waals surface area contributed by atoms with Gasteiger partial charge in [-0.2, -0.15) is 0 Å². The Kier molecular flexibility index (Phi) is 18.5. The van der Waals surface area contributed by atoms with Crippen LogP contribution in [0.1, 0.15) is 68.2 Å². The molecule has 6 heteroatoms. The van der Waals surface area contributed by atoms with Gasteiger partial charge in [-0.05, 0) is 54.4 Å². The first kappa shape index (κ1) is 34.3. The summed E-state index contributed by atoms with van der Waals surface area (Å²) in [5, 5.41) is 0. The van der Waals surface area contributed by atoms with E-state index in [0.29, 0.717) is 52.9 Å². The highest BCUT2D eigenvalue weighted by molar-refractivity contribution is 5.81. The molecule has 0 bridgehead atoms. The highest BCUT2D eigenvalue weighted by atomic mass is 16.5. The van der Waals surface area contributed by atoms with Crippen molar-refractivity contribution in [2.24, 2.45) is 10.8 Å². The van der Waals surface area contributed by atoms with Crippen molar-refractivity contribution in [1.82, 2.24) is 0 Å². The molecule has 0 aliphatic heterocycles. The van der Waals surface area contributed by atoms with E-state index in [0.717, 1.165) is 12.8 Å². The second-order valence-corrected chi connectivity index (χ2v) is 10.4. The molecule has 6 nitrogen and oxygen atoms in total. The van der Waals surface area contributed by atoms with Gasteiger partial charge in [0, 0.05) is 11.5 Å². The van der Waals surface area contributed by atoms with E-state index < -0.39 is 11.4 Å².